The highest BCUT2D eigenvalue weighted by Crippen LogP contribution is 2.22. The number of benzene rings is 1. The van der Waals surface area contributed by atoms with Crippen molar-refractivity contribution >= 4 is 16.8 Å². The zero-order chi connectivity index (χ0) is 16.2. The molecule has 1 saturated heterocycles. The summed E-state index contributed by atoms with van der Waals surface area (Å²) in [7, 11) is 0. The molecule has 1 unspecified atom stereocenters. The molecular formula is C19H25N3O. The predicted octanol–water partition coefficient (Wildman–Crippen LogP) is 3.09. The maximum atomic E-state index is 12.7. The number of carbonyl (C=O) groups is 1. The lowest BCUT2D eigenvalue weighted by Crippen LogP contribution is -2.38. The summed E-state index contributed by atoms with van der Waals surface area (Å²) < 4.78 is 0. The molecule has 0 bridgehead atoms. The molecule has 0 spiro atoms. The van der Waals surface area contributed by atoms with Crippen molar-refractivity contribution in [1.82, 2.24) is 15.6 Å². The van der Waals surface area contributed by atoms with Gasteiger partial charge in [-0.2, -0.15) is 0 Å². The Morgan fingerprint density at radius 2 is 2.22 bits per heavy atom. The number of piperidine rings is 1. The first kappa shape index (κ1) is 15.9. The van der Waals surface area contributed by atoms with Crippen molar-refractivity contribution in [2.45, 2.75) is 32.6 Å². The van der Waals surface area contributed by atoms with Crippen LogP contribution in [0.1, 0.15) is 48.7 Å². The fourth-order valence-electron chi connectivity index (χ4n) is 3.11. The molecule has 1 fully saturated rings. The number of aromatic nitrogens is 1. The molecule has 3 rings (SSSR count). The summed E-state index contributed by atoms with van der Waals surface area (Å²) in [6, 6.07) is 9.82. The Morgan fingerprint density at radius 3 is 2.96 bits per heavy atom. The first-order valence-electron chi connectivity index (χ1n) is 8.53. The van der Waals surface area contributed by atoms with Crippen molar-refractivity contribution in [3.8, 4) is 0 Å². The van der Waals surface area contributed by atoms with Gasteiger partial charge in [0.2, 0.25) is 0 Å². The predicted molar refractivity (Wildman–Crippen MR) is 93.8 cm³/mol. The minimum Gasteiger partial charge on any atom is -0.352 e. The number of hydrogen-bond donors (Lipinski definition) is 2. The molecule has 4 nitrogen and oxygen atoms in total. The number of nitrogens with zero attached hydrogens (tertiary/aromatic N) is 1. The molecular weight excluding hydrogens is 286 g/mol. The first-order valence-corrected chi connectivity index (χ1v) is 8.53. The third-order valence-corrected chi connectivity index (χ3v) is 4.52. The van der Waals surface area contributed by atoms with Crippen molar-refractivity contribution in [2.75, 3.05) is 19.6 Å². The topological polar surface area (TPSA) is 54.0 Å². The quantitative estimate of drug-likeness (QED) is 0.912. The standard InChI is InChI=1S/C19H25N3O/c1-13(2)18-10-16(15-7-3-4-8-17(15)22-18)19(23)21-12-14-6-5-9-20-11-14/h3-4,7-8,10,13-14,20H,5-6,9,11-12H2,1-2H3,(H,21,23). The van der Waals surface area contributed by atoms with E-state index in [1.165, 1.54) is 12.8 Å². The first-order chi connectivity index (χ1) is 11.1. The number of carbonyl (C=O) groups excluding carboxylic acids is 1. The number of rotatable bonds is 4. The van der Waals surface area contributed by atoms with Gasteiger partial charge < -0.3 is 10.6 Å². The van der Waals surface area contributed by atoms with Crippen LogP contribution in [-0.4, -0.2) is 30.5 Å². The van der Waals surface area contributed by atoms with Crippen LogP contribution in [0.4, 0.5) is 0 Å². The SMILES string of the molecule is CC(C)c1cc(C(=O)NCC2CCCNC2)c2ccccc2n1. The second-order valence-corrected chi connectivity index (χ2v) is 6.69. The van der Waals surface area contributed by atoms with E-state index < -0.39 is 0 Å². The second kappa shape index (κ2) is 7.09. The second-order valence-electron chi connectivity index (χ2n) is 6.69. The van der Waals surface area contributed by atoms with Crippen LogP contribution in [-0.2, 0) is 0 Å². The Labute approximate surface area is 137 Å². The van der Waals surface area contributed by atoms with E-state index in [-0.39, 0.29) is 5.91 Å². The Bertz CT molecular complexity index is 690. The van der Waals surface area contributed by atoms with Gasteiger partial charge in [0, 0.05) is 17.6 Å². The van der Waals surface area contributed by atoms with Gasteiger partial charge in [-0.3, -0.25) is 9.78 Å². The molecule has 2 heterocycles. The highest BCUT2D eigenvalue weighted by molar-refractivity contribution is 6.06. The molecule has 1 aliphatic heterocycles. The van der Waals surface area contributed by atoms with E-state index in [1.54, 1.807) is 0 Å². The van der Waals surface area contributed by atoms with Crippen molar-refractivity contribution in [2.24, 2.45) is 5.92 Å². The van der Waals surface area contributed by atoms with Crippen LogP contribution in [0.25, 0.3) is 10.9 Å². The highest BCUT2D eigenvalue weighted by Gasteiger charge is 2.17. The molecule has 2 N–H and O–H groups in total. The van der Waals surface area contributed by atoms with E-state index in [9.17, 15) is 4.79 Å². The lowest BCUT2D eigenvalue weighted by Gasteiger charge is -2.23. The Morgan fingerprint density at radius 1 is 1.39 bits per heavy atom. The highest BCUT2D eigenvalue weighted by atomic mass is 16.1. The van der Waals surface area contributed by atoms with Gasteiger partial charge in [0.05, 0.1) is 11.1 Å². The Kier molecular flexibility index (Phi) is 4.91. The summed E-state index contributed by atoms with van der Waals surface area (Å²) in [6.07, 6.45) is 2.37. The minimum absolute atomic E-state index is 0.0103. The van der Waals surface area contributed by atoms with Crippen LogP contribution in [0.15, 0.2) is 30.3 Å². The summed E-state index contributed by atoms with van der Waals surface area (Å²) in [6.45, 7) is 7.03. The molecule has 0 saturated carbocycles. The Hall–Kier alpha value is -1.94. The molecule has 4 heteroatoms. The number of hydrogen-bond acceptors (Lipinski definition) is 3. The number of fused-ring (bicyclic) bond motifs is 1. The minimum atomic E-state index is 0.0103. The average molecular weight is 311 g/mol. The van der Waals surface area contributed by atoms with Crippen molar-refractivity contribution < 1.29 is 4.79 Å². The van der Waals surface area contributed by atoms with Crippen LogP contribution in [0.5, 0.6) is 0 Å². The molecule has 1 atom stereocenters. The van der Waals surface area contributed by atoms with Gasteiger partial charge in [-0.05, 0) is 49.9 Å². The lowest BCUT2D eigenvalue weighted by molar-refractivity contribution is 0.0946. The molecule has 1 aromatic carbocycles. The number of nitrogens with one attached hydrogen (secondary N) is 2. The van der Waals surface area contributed by atoms with E-state index in [1.807, 2.05) is 30.3 Å². The number of para-hydroxylation sites is 1. The van der Waals surface area contributed by atoms with Crippen LogP contribution in [0, 0.1) is 5.92 Å². The molecule has 2 aromatic rings. The summed E-state index contributed by atoms with van der Waals surface area (Å²) >= 11 is 0. The van der Waals surface area contributed by atoms with Crippen molar-refractivity contribution in [3.05, 3.63) is 41.6 Å². The molecule has 0 radical (unpaired) electrons. The van der Waals surface area contributed by atoms with Gasteiger partial charge in [-0.1, -0.05) is 32.0 Å². The third-order valence-electron chi connectivity index (χ3n) is 4.52. The molecule has 0 aliphatic carbocycles. The van der Waals surface area contributed by atoms with Gasteiger partial charge in [0.25, 0.3) is 5.91 Å². The van der Waals surface area contributed by atoms with E-state index in [0.717, 1.165) is 41.8 Å². The molecule has 122 valence electrons. The van der Waals surface area contributed by atoms with Crippen molar-refractivity contribution in [3.63, 3.8) is 0 Å². The number of amides is 1. The van der Waals surface area contributed by atoms with Crippen LogP contribution < -0.4 is 10.6 Å². The van der Waals surface area contributed by atoms with E-state index in [4.69, 9.17) is 0 Å². The fourth-order valence-corrected chi connectivity index (χ4v) is 3.11. The molecule has 1 amide bonds. The van der Waals surface area contributed by atoms with Crippen LogP contribution in [0.3, 0.4) is 0 Å². The smallest absolute Gasteiger partial charge is 0.252 e. The summed E-state index contributed by atoms with van der Waals surface area (Å²) in [4.78, 5) is 17.4. The summed E-state index contributed by atoms with van der Waals surface area (Å²) in [5.74, 6) is 0.843. The van der Waals surface area contributed by atoms with Gasteiger partial charge >= 0.3 is 0 Å². The van der Waals surface area contributed by atoms with E-state index >= 15 is 0 Å². The Balaban J connectivity index is 1.83. The van der Waals surface area contributed by atoms with Gasteiger partial charge in [-0.15, -0.1) is 0 Å². The lowest BCUT2D eigenvalue weighted by atomic mass is 9.99. The van der Waals surface area contributed by atoms with Gasteiger partial charge in [0.1, 0.15) is 0 Å². The molecule has 23 heavy (non-hydrogen) atoms. The molecule has 1 aromatic heterocycles. The monoisotopic (exact) mass is 311 g/mol. The fraction of sp³-hybridized carbons (Fsp3) is 0.474. The largest absolute Gasteiger partial charge is 0.352 e. The maximum Gasteiger partial charge on any atom is 0.252 e. The van der Waals surface area contributed by atoms with Gasteiger partial charge in [0.15, 0.2) is 0 Å². The third kappa shape index (κ3) is 3.70. The molecule has 1 aliphatic rings. The summed E-state index contributed by atoms with van der Waals surface area (Å²) in [5.41, 5.74) is 2.60. The van der Waals surface area contributed by atoms with Crippen LogP contribution in [0.2, 0.25) is 0 Å². The number of pyridine rings is 1. The summed E-state index contributed by atoms with van der Waals surface area (Å²) in [5, 5.41) is 7.44. The normalized spacial score (nSPS) is 18.3. The van der Waals surface area contributed by atoms with E-state index in [0.29, 0.717) is 11.8 Å². The zero-order valence-corrected chi connectivity index (χ0v) is 13.9. The zero-order valence-electron chi connectivity index (χ0n) is 13.9. The van der Waals surface area contributed by atoms with Crippen molar-refractivity contribution in [1.29, 1.82) is 0 Å². The average Bonchev–Trinajstić information content (AvgIpc) is 2.59. The maximum absolute atomic E-state index is 12.7. The van der Waals surface area contributed by atoms with Crippen LogP contribution >= 0.6 is 0 Å². The van der Waals surface area contributed by atoms with Gasteiger partial charge in [-0.25, -0.2) is 0 Å². The van der Waals surface area contributed by atoms with E-state index in [2.05, 4.69) is 29.5 Å².